The highest BCUT2D eigenvalue weighted by atomic mass is 32.1. The zero-order valence-corrected chi connectivity index (χ0v) is 11.0. The molecule has 4 heteroatoms. The summed E-state index contributed by atoms with van der Waals surface area (Å²) in [5.41, 5.74) is 5.07. The normalized spacial score (nSPS) is 15.9. The van der Waals surface area contributed by atoms with Gasteiger partial charge in [0.15, 0.2) is 0 Å². The monoisotopic (exact) mass is 242 g/mol. The summed E-state index contributed by atoms with van der Waals surface area (Å²) in [7, 11) is 0. The van der Waals surface area contributed by atoms with E-state index in [4.69, 9.17) is 18.0 Å². The van der Waals surface area contributed by atoms with Gasteiger partial charge in [-0.25, -0.2) is 0 Å². The maximum Gasteiger partial charge on any atom is 0.233 e. The lowest BCUT2D eigenvalue weighted by Gasteiger charge is -2.28. The lowest BCUT2D eigenvalue weighted by molar-refractivity contribution is -0.127. The van der Waals surface area contributed by atoms with Crippen molar-refractivity contribution in [3.63, 3.8) is 0 Å². The first kappa shape index (κ1) is 13.4. The molecule has 1 aliphatic rings. The van der Waals surface area contributed by atoms with Crippen LogP contribution in [0.25, 0.3) is 0 Å². The summed E-state index contributed by atoms with van der Waals surface area (Å²) >= 11 is 5.04. The van der Waals surface area contributed by atoms with Gasteiger partial charge in [-0.1, -0.05) is 38.9 Å². The summed E-state index contributed by atoms with van der Waals surface area (Å²) in [5.74, 6) is 0.841. The number of hydrogen-bond donors (Lipinski definition) is 2. The minimum absolute atomic E-state index is 0.00523. The van der Waals surface area contributed by atoms with Crippen LogP contribution in [0.3, 0.4) is 0 Å². The van der Waals surface area contributed by atoms with Gasteiger partial charge in [-0.05, 0) is 25.2 Å². The number of carbonyl (C=O) groups excluding carboxylic acids is 1. The van der Waals surface area contributed by atoms with Crippen molar-refractivity contribution < 1.29 is 4.79 Å². The molecule has 16 heavy (non-hydrogen) atoms. The van der Waals surface area contributed by atoms with E-state index in [1.165, 1.54) is 12.8 Å². The Bertz CT molecular complexity index is 270. The average Bonchev–Trinajstić information content (AvgIpc) is 3.04. The minimum Gasteiger partial charge on any atom is -0.392 e. The molecule has 1 fully saturated rings. The van der Waals surface area contributed by atoms with Crippen LogP contribution in [0.4, 0.5) is 0 Å². The van der Waals surface area contributed by atoms with E-state index in [0.717, 1.165) is 18.9 Å². The molecular formula is C12H22N2OS. The minimum atomic E-state index is -0.640. The predicted octanol–water partition coefficient (Wildman–Crippen LogP) is 2.00. The second-order valence-electron chi connectivity index (χ2n) is 4.64. The Hall–Kier alpha value is -0.640. The van der Waals surface area contributed by atoms with Crippen LogP contribution in [0.15, 0.2) is 0 Å². The molecule has 0 atom stereocenters. The molecule has 1 aliphatic carbocycles. The molecular weight excluding hydrogens is 220 g/mol. The van der Waals surface area contributed by atoms with Crippen LogP contribution < -0.4 is 11.1 Å². The second-order valence-corrected chi connectivity index (χ2v) is 5.08. The van der Waals surface area contributed by atoms with E-state index in [9.17, 15) is 4.79 Å². The summed E-state index contributed by atoms with van der Waals surface area (Å²) in [4.78, 5) is 12.4. The number of rotatable bonds is 7. The van der Waals surface area contributed by atoms with Crippen LogP contribution in [0, 0.1) is 11.3 Å². The smallest absolute Gasteiger partial charge is 0.233 e. The van der Waals surface area contributed by atoms with Gasteiger partial charge < -0.3 is 11.1 Å². The largest absolute Gasteiger partial charge is 0.392 e. The zero-order chi connectivity index (χ0) is 12.2. The first-order valence-corrected chi connectivity index (χ1v) is 6.55. The molecule has 3 nitrogen and oxygen atoms in total. The van der Waals surface area contributed by atoms with Crippen molar-refractivity contribution in [2.24, 2.45) is 17.1 Å². The highest BCUT2D eigenvalue weighted by Gasteiger charge is 2.37. The van der Waals surface area contributed by atoms with Crippen LogP contribution in [0.2, 0.25) is 0 Å². The quantitative estimate of drug-likeness (QED) is 0.671. The van der Waals surface area contributed by atoms with Crippen LogP contribution in [0.5, 0.6) is 0 Å². The number of amides is 1. The first-order valence-electron chi connectivity index (χ1n) is 6.15. The standard InChI is InChI=1S/C12H22N2OS/c1-3-12(4-2,10(13)16)11(15)14-8-7-9-5-6-9/h9H,3-8H2,1-2H3,(H2,13,16)(H,14,15). The van der Waals surface area contributed by atoms with Gasteiger partial charge in [0, 0.05) is 6.54 Å². The summed E-state index contributed by atoms with van der Waals surface area (Å²) in [5, 5.41) is 2.97. The summed E-state index contributed by atoms with van der Waals surface area (Å²) < 4.78 is 0. The number of thiocarbonyl (C=S) groups is 1. The Kier molecular flexibility index (Phi) is 4.71. The Balaban J connectivity index is 2.48. The van der Waals surface area contributed by atoms with E-state index in [1.807, 2.05) is 13.8 Å². The fourth-order valence-electron chi connectivity index (χ4n) is 2.00. The molecule has 1 amide bonds. The van der Waals surface area contributed by atoms with Gasteiger partial charge >= 0.3 is 0 Å². The lowest BCUT2D eigenvalue weighted by atomic mass is 9.81. The van der Waals surface area contributed by atoms with Crippen molar-refractivity contribution >= 4 is 23.1 Å². The highest BCUT2D eigenvalue weighted by Crippen LogP contribution is 2.32. The van der Waals surface area contributed by atoms with Crippen LogP contribution in [0.1, 0.15) is 46.0 Å². The number of carbonyl (C=O) groups is 1. The van der Waals surface area contributed by atoms with Crippen molar-refractivity contribution in [3.05, 3.63) is 0 Å². The third kappa shape index (κ3) is 2.94. The molecule has 0 aromatic carbocycles. The van der Waals surface area contributed by atoms with Gasteiger partial charge in [0.05, 0.1) is 10.4 Å². The van der Waals surface area contributed by atoms with Crippen LogP contribution in [-0.2, 0) is 4.79 Å². The van der Waals surface area contributed by atoms with E-state index >= 15 is 0 Å². The molecule has 0 heterocycles. The molecule has 1 saturated carbocycles. The lowest BCUT2D eigenvalue weighted by Crippen LogP contribution is -2.48. The molecule has 0 aromatic heterocycles. The topological polar surface area (TPSA) is 55.1 Å². The summed E-state index contributed by atoms with van der Waals surface area (Å²) in [6.45, 7) is 4.68. The van der Waals surface area contributed by atoms with Gasteiger partial charge in [-0.15, -0.1) is 0 Å². The van der Waals surface area contributed by atoms with Crippen molar-refractivity contribution in [2.45, 2.75) is 46.0 Å². The molecule has 0 unspecified atom stereocenters. The van der Waals surface area contributed by atoms with Crippen LogP contribution in [-0.4, -0.2) is 17.4 Å². The molecule has 92 valence electrons. The highest BCUT2D eigenvalue weighted by molar-refractivity contribution is 7.80. The Labute approximate surface area is 103 Å². The molecule has 1 rings (SSSR count). The first-order chi connectivity index (χ1) is 7.56. The third-order valence-corrected chi connectivity index (χ3v) is 4.04. The number of nitrogens with two attached hydrogens (primary N) is 1. The van der Waals surface area contributed by atoms with Gasteiger partial charge in [0.1, 0.15) is 0 Å². The van der Waals surface area contributed by atoms with Crippen LogP contribution >= 0.6 is 12.2 Å². The molecule has 0 saturated heterocycles. The molecule has 0 aromatic rings. The van der Waals surface area contributed by atoms with Gasteiger partial charge in [0.2, 0.25) is 5.91 Å². The van der Waals surface area contributed by atoms with E-state index < -0.39 is 5.41 Å². The Morgan fingerprint density at radius 2 is 2.00 bits per heavy atom. The van der Waals surface area contributed by atoms with E-state index in [2.05, 4.69) is 5.32 Å². The summed E-state index contributed by atoms with van der Waals surface area (Å²) in [6, 6.07) is 0. The second kappa shape index (κ2) is 5.62. The summed E-state index contributed by atoms with van der Waals surface area (Å²) in [6.07, 6.45) is 5.07. The molecule has 0 aliphatic heterocycles. The Morgan fingerprint density at radius 3 is 2.38 bits per heavy atom. The predicted molar refractivity (Wildman–Crippen MR) is 70.2 cm³/mol. The van der Waals surface area contributed by atoms with Crippen molar-refractivity contribution in [3.8, 4) is 0 Å². The van der Waals surface area contributed by atoms with E-state index in [1.54, 1.807) is 0 Å². The van der Waals surface area contributed by atoms with Crippen molar-refractivity contribution in [1.29, 1.82) is 0 Å². The van der Waals surface area contributed by atoms with Crippen molar-refractivity contribution in [2.75, 3.05) is 6.54 Å². The van der Waals surface area contributed by atoms with Gasteiger partial charge in [-0.3, -0.25) is 4.79 Å². The fraction of sp³-hybridized carbons (Fsp3) is 0.833. The van der Waals surface area contributed by atoms with E-state index in [-0.39, 0.29) is 5.91 Å². The third-order valence-electron chi connectivity index (χ3n) is 3.65. The molecule has 0 bridgehead atoms. The van der Waals surface area contributed by atoms with Gasteiger partial charge in [0.25, 0.3) is 0 Å². The number of hydrogen-bond acceptors (Lipinski definition) is 2. The van der Waals surface area contributed by atoms with E-state index in [0.29, 0.717) is 17.8 Å². The molecule has 0 spiro atoms. The average molecular weight is 242 g/mol. The maximum absolute atomic E-state index is 12.1. The maximum atomic E-state index is 12.1. The number of nitrogens with one attached hydrogen (secondary N) is 1. The molecule has 0 radical (unpaired) electrons. The SMILES string of the molecule is CCC(CC)(C(=O)NCCC1CC1)C(N)=S. The fourth-order valence-corrected chi connectivity index (χ4v) is 2.38. The Morgan fingerprint density at radius 1 is 1.44 bits per heavy atom. The zero-order valence-electron chi connectivity index (χ0n) is 10.2. The van der Waals surface area contributed by atoms with Gasteiger partial charge in [-0.2, -0.15) is 0 Å². The van der Waals surface area contributed by atoms with Crippen molar-refractivity contribution in [1.82, 2.24) is 5.32 Å². The molecule has 3 N–H and O–H groups in total.